The fourth-order valence-corrected chi connectivity index (χ4v) is 6.23. The summed E-state index contributed by atoms with van der Waals surface area (Å²) in [4.78, 5) is 55.5. The number of pyridine rings is 1. The molecule has 2 aliphatic heterocycles. The standard InChI is InChI=1S/C34H45F2N3O6/c1-5-6-7-8-9-10-11-12-17-44-33(43)45-30-28-32(42)38-21-34(4,22(2)13-14-23(38)3)39(28)20-26(29(30)40)31(41)37-19-24-15-16-25(35)18-27(24)36/h15-16,18,20,22-23H,5-14,17,19,21H2,1-4H3,(H,37,41). The Morgan fingerprint density at radius 3 is 2.40 bits per heavy atom. The molecule has 2 bridgehead atoms. The summed E-state index contributed by atoms with van der Waals surface area (Å²) in [5.74, 6) is -3.48. The summed E-state index contributed by atoms with van der Waals surface area (Å²) in [5.41, 5.74) is -2.15. The number of nitrogens with zero attached hydrogens (tertiary/aromatic N) is 2. The van der Waals surface area contributed by atoms with Crippen molar-refractivity contribution in [3.8, 4) is 5.75 Å². The number of unbranched alkanes of at least 4 members (excludes halogenated alkanes) is 7. The molecule has 1 saturated heterocycles. The summed E-state index contributed by atoms with van der Waals surface area (Å²) in [6.45, 7) is 8.22. The first-order valence-electron chi connectivity index (χ1n) is 16.2. The molecule has 0 radical (unpaired) electrons. The van der Waals surface area contributed by atoms with E-state index in [1.54, 1.807) is 9.47 Å². The summed E-state index contributed by atoms with van der Waals surface area (Å²) < 4.78 is 39.9. The minimum Gasteiger partial charge on any atom is -0.434 e. The monoisotopic (exact) mass is 629 g/mol. The lowest BCUT2D eigenvalue weighted by Crippen LogP contribution is -2.56. The number of carbonyl (C=O) groups excluding carboxylic acids is 3. The first-order valence-corrected chi connectivity index (χ1v) is 16.2. The summed E-state index contributed by atoms with van der Waals surface area (Å²) >= 11 is 0. The van der Waals surface area contributed by atoms with Gasteiger partial charge in [-0.1, -0.05) is 64.9 Å². The third-order valence-corrected chi connectivity index (χ3v) is 9.38. The van der Waals surface area contributed by atoms with Crippen LogP contribution in [0.5, 0.6) is 5.75 Å². The van der Waals surface area contributed by atoms with Crippen LogP contribution in [0.3, 0.4) is 0 Å². The highest BCUT2D eigenvalue weighted by molar-refractivity contribution is 6.00. The van der Waals surface area contributed by atoms with Gasteiger partial charge in [-0.15, -0.1) is 0 Å². The van der Waals surface area contributed by atoms with E-state index in [0.29, 0.717) is 19.0 Å². The third kappa shape index (κ3) is 7.73. The van der Waals surface area contributed by atoms with Crippen LogP contribution in [0.25, 0.3) is 0 Å². The second-order valence-electron chi connectivity index (χ2n) is 12.6. The van der Waals surface area contributed by atoms with Crippen LogP contribution < -0.4 is 15.5 Å². The van der Waals surface area contributed by atoms with Crippen LogP contribution in [0.2, 0.25) is 0 Å². The van der Waals surface area contributed by atoms with Gasteiger partial charge in [0.1, 0.15) is 17.2 Å². The van der Waals surface area contributed by atoms with E-state index in [-0.39, 0.29) is 41.9 Å². The van der Waals surface area contributed by atoms with Gasteiger partial charge >= 0.3 is 6.16 Å². The highest BCUT2D eigenvalue weighted by Crippen LogP contribution is 2.41. The van der Waals surface area contributed by atoms with E-state index in [1.807, 2.05) is 20.8 Å². The van der Waals surface area contributed by atoms with Crippen LogP contribution in [0, 0.1) is 17.6 Å². The minimum absolute atomic E-state index is 0.0213. The van der Waals surface area contributed by atoms with E-state index in [4.69, 9.17) is 9.47 Å². The molecule has 3 unspecified atom stereocenters. The molecule has 9 nitrogen and oxygen atoms in total. The Morgan fingerprint density at radius 2 is 1.71 bits per heavy atom. The average molecular weight is 630 g/mol. The number of benzene rings is 1. The molecular weight excluding hydrogens is 584 g/mol. The first-order chi connectivity index (χ1) is 21.5. The van der Waals surface area contributed by atoms with Gasteiger partial charge in [-0.3, -0.25) is 14.4 Å². The number of rotatable bonds is 13. The van der Waals surface area contributed by atoms with E-state index >= 15 is 0 Å². The molecule has 0 spiro atoms. The van der Waals surface area contributed by atoms with Crippen molar-refractivity contribution < 1.29 is 32.6 Å². The second kappa shape index (κ2) is 15.0. The van der Waals surface area contributed by atoms with Gasteiger partial charge < -0.3 is 24.3 Å². The molecule has 0 saturated carbocycles. The zero-order valence-electron chi connectivity index (χ0n) is 26.8. The Labute approximate surface area is 263 Å². The molecule has 1 fully saturated rings. The number of carbonyl (C=O) groups is 3. The largest absolute Gasteiger partial charge is 0.514 e. The van der Waals surface area contributed by atoms with Gasteiger partial charge in [0.05, 0.1) is 12.1 Å². The average Bonchev–Trinajstić information content (AvgIpc) is 3.10. The first kappa shape index (κ1) is 34.1. The Morgan fingerprint density at radius 1 is 1.02 bits per heavy atom. The molecule has 2 amide bonds. The van der Waals surface area contributed by atoms with Crippen molar-refractivity contribution in [3.63, 3.8) is 0 Å². The van der Waals surface area contributed by atoms with Crippen molar-refractivity contribution in [2.45, 2.75) is 110 Å². The van der Waals surface area contributed by atoms with Gasteiger partial charge in [0.15, 0.2) is 5.69 Å². The molecule has 4 rings (SSSR count). The quantitative estimate of drug-likeness (QED) is 0.195. The number of amides is 2. The summed E-state index contributed by atoms with van der Waals surface area (Å²) in [7, 11) is 0. The summed E-state index contributed by atoms with van der Waals surface area (Å²) in [6, 6.07) is 2.86. The topological polar surface area (TPSA) is 107 Å². The number of aromatic nitrogens is 1. The van der Waals surface area contributed by atoms with Crippen molar-refractivity contribution >= 4 is 18.0 Å². The van der Waals surface area contributed by atoms with Gasteiger partial charge in [-0.25, -0.2) is 13.6 Å². The maximum atomic E-state index is 14.2. The van der Waals surface area contributed by atoms with Crippen molar-refractivity contribution in [3.05, 3.63) is 63.1 Å². The van der Waals surface area contributed by atoms with Crippen molar-refractivity contribution in [1.82, 2.24) is 14.8 Å². The third-order valence-electron chi connectivity index (χ3n) is 9.38. The van der Waals surface area contributed by atoms with Crippen LogP contribution in [-0.4, -0.2) is 46.6 Å². The number of halogens is 2. The van der Waals surface area contributed by atoms with Crippen LogP contribution in [0.4, 0.5) is 13.6 Å². The Bertz CT molecular complexity index is 1460. The lowest BCUT2D eigenvalue weighted by Gasteiger charge is -2.46. The summed E-state index contributed by atoms with van der Waals surface area (Å²) in [5, 5.41) is 2.50. The zero-order valence-corrected chi connectivity index (χ0v) is 26.8. The van der Waals surface area contributed by atoms with Gasteiger partial charge in [0, 0.05) is 37.0 Å². The number of nitrogens with one attached hydrogen (secondary N) is 1. The van der Waals surface area contributed by atoms with E-state index in [0.717, 1.165) is 38.2 Å². The molecule has 2 aliphatic rings. The number of hydrogen-bond donors (Lipinski definition) is 1. The van der Waals surface area contributed by atoms with Crippen LogP contribution in [0.1, 0.15) is 118 Å². The summed E-state index contributed by atoms with van der Waals surface area (Å²) in [6.07, 6.45) is 10.2. The minimum atomic E-state index is -1.13. The zero-order chi connectivity index (χ0) is 32.7. The van der Waals surface area contributed by atoms with E-state index in [1.165, 1.54) is 37.9 Å². The number of hydrogen-bond acceptors (Lipinski definition) is 6. The Hall–Kier alpha value is -3.76. The fraction of sp³-hybridized carbons (Fsp3) is 0.588. The lowest BCUT2D eigenvalue weighted by molar-refractivity contribution is 0.0447. The van der Waals surface area contributed by atoms with Crippen LogP contribution in [-0.2, 0) is 16.8 Å². The number of fused-ring (bicyclic) bond motifs is 4. The van der Waals surface area contributed by atoms with Crippen LogP contribution in [0.15, 0.2) is 29.2 Å². The maximum Gasteiger partial charge on any atom is 0.514 e. The van der Waals surface area contributed by atoms with Gasteiger partial charge in [0.25, 0.3) is 11.8 Å². The normalized spacial score (nSPS) is 20.8. The maximum absolute atomic E-state index is 14.2. The van der Waals surface area contributed by atoms with Gasteiger partial charge in [-0.05, 0) is 45.1 Å². The van der Waals surface area contributed by atoms with Crippen molar-refractivity contribution in [2.75, 3.05) is 13.2 Å². The van der Waals surface area contributed by atoms with Gasteiger partial charge in [-0.2, -0.15) is 0 Å². The van der Waals surface area contributed by atoms with E-state index in [2.05, 4.69) is 12.2 Å². The van der Waals surface area contributed by atoms with Crippen molar-refractivity contribution in [2.24, 2.45) is 5.92 Å². The van der Waals surface area contributed by atoms with Crippen molar-refractivity contribution in [1.29, 1.82) is 0 Å². The molecule has 3 atom stereocenters. The molecule has 1 aromatic heterocycles. The number of ether oxygens (including phenoxy) is 2. The molecule has 3 heterocycles. The van der Waals surface area contributed by atoms with Crippen LogP contribution >= 0.6 is 0 Å². The Balaban J connectivity index is 1.60. The SMILES string of the molecule is CCCCCCCCCCOC(=O)Oc1c2n(cc(C(=O)NCc3ccc(F)cc3F)c1=O)C1(C)CN(C2=O)C(C)CCC1C. The van der Waals surface area contributed by atoms with E-state index in [9.17, 15) is 28.0 Å². The predicted octanol–water partition coefficient (Wildman–Crippen LogP) is 6.70. The molecule has 246 valence electrons. The molecule has 2 aromatic rings. The molecule has 1 aromatic carbocycles. The second-order valence-corrected chi connectivity index (χ2v) is 12.6. The molecule has 0 aliphatic carbocycles. The Kier molecular flexibility index (Phi) is 11.4. The smallest absolute Gasteiger partial charge is 0.434 e. The molecule has 45 heavy (non-hydrogen) atoms. The fourth-order valence-electron chi connectivity index (χ4n) is 6.23. The van der Waals surface area contributed by atoms with E-state index < -0.39 is 46.3 Å². The predicted molar refractivity (Wildman–Crippen MR) is 165 cm³/mol. The molecule has 11 heteroatoms. The van der Waals surface area contributed by atoms with Gasteiger partial charge in [0.2, 0.25) is 11.2 Å². The molecular formula is C34H45F2N3O6. The highest BCUT2D eigenvalue weighted by atomic mass is 19.1. The molecule has 1 N–H and O–H groups in total. The lowest BCUT2D eigenvalue weighted by atomic mass is 9.82. The highest BCUT2D eigenvalue weighted by Gasteiger charge is 2.48.